The summed E-state index contributed by atoms with van der Waals surface area (Å²) < 4.78 is 13.4. The Bertz CT molecular complexity index is 1720. The molecular formula is C36H42ClN5O4. The highest BCUT2D eigenvalue weighted by Gasteiger charge is 2.30. The number of nitrogens with zero attached hydrogens (tertiary/aromatic N) is 5. The highest BCUT2D eigenvalue weighted by molar-refractivity contribution is 6.35. The van der Waals surface area contributed by atoms with Gasteiger partial charge in [-0.1, -0.05) is 55.6 Å². The third-order valence-electron chi connectivity index (χ3n) is 9.11. The molecule has 10 heteroatoms. The number of methoxy groups -OCH3 is 1. The quantitative estimate of drug-likeness (QED) is 0.161. The van der Waals surface area contributed by atoms with Crippen LogP contribution < -0.4 is 14.4 Å². The first-order valence-corrected chi connectivity index (χ1v) is 16.6. The van der Waals surface area contributed by atoms with Gasteiger partial charge in [-0.2, -0.15) is 0 Å². The van der Waals surface area contributed by atoms with Crippen LogP contribution in [0.3, 0.4) is 0 Å². The average Bonchev–Trinajstić information content (AvgIpc) is 3.43. The van der Waals surface area contributed by atoms with Gasteiger partial charge < -0.3 is 23.8 Å². The molecule has 242 valence electrons. The number of anilines is 1. The Labute approximate surface area is 275 Å². The van der Waals surface area contributed by atoms with Crippen LogP contribution in [0.2, 0.25) is 5.02 Å². The van der Waals surface area contributed by atoms with Crippen molar-refractivity contribution in [1.29, 1.82) is 0 Å². The molecular weight excluding hydrogens is 602 g/mol. The molecule has 0 saturated carbocycles. The maximum atomic E-state index is 13.9. The minimum absolute atomic E-state index is 0.0327. The Morgan fingerprint density at radius 1 is 1.04 bits per heavy atom. The Morgan fingerprint density at radius 2 is 1.87 bits per heavy atom. The number of halogens is 1. The van der Waals surface area contributed by atoms with Gasteiger partial charge in [-0.25, -0.2) is 9.78 Å². The molecule has 1 unspecified atom stereocenters. The number of unbranched alkanes of at least 4 members (excludes halogenated alkanes) is 2. The lowest BCUT2D eigenvalue weighted by Gasteiger charge is -2.36. The molecule has 3 amide bonds. The van der Waals surface area contributed by atoms with Crippen molar-refractivity contribution in [2.45, 2.75) is 65.1 Å². The first-order valence-electron chi connectivity index (χ1n) is 16.3. The molecule has 4 aromatic rings. The van der Waals surface area contributed by atoms with Gasteiger partial charge in [-0.3, -0.25) is 9.69 Å². The van der Waals surface area contributed by atoms with Crippen LogP contribution in [0.1, 0.15) is 62.3 Å². The first kappa shape index (κ1) is 31.7. The molecule has 1 saturated heterocycles. The number of amides is 3. The normalized spacial score (nSPS) is 15.7. The zero-order chi connectivity index (χ0) is 32.2. The minimum Gasteiger partial charge on any atom is -0.493 e. The molecule has 46 heavy (non-hydrogen) atoms. The number of carbonyl (C=O) groups is 2. The fraction of sp³-hybridized carbons (Fsp3) is 0.417. The van der Waals surface area contributed by atoms with Gasteiger partial charge in [0.25, 0.3) is 0 Å². The van der Waals surface area contributed by atoms with Crippen LogP contribution in [-0.4, -0.2) is 64.6 Å². The fourth-order valence-electron chi connectivity index (χ4n) is 6.54. The molecule has 0 N–H and O–H groups in total. The first-order chi connectivity index (χ1) is 22.4. The summed E-state index contributed by atoms with van der Waals surface area (Å²) >= 11 is 6.85. The van der Waals surface area contributed by atoms with E-state index in [0.29, 0.717) is 61.5 Å². The Morgan fingerprint density at radius 3 is 2.67 bits per heavy atom. The lowest BCUT2D eigenvalue weighted by molar-refractivity contribution is -0.135. The van der Waals surface area contributed by atoms with E-state index in [1.165, 1.54) is 11.1 Å². The molecule has 0 spiro atoms. The molecule has 9 nitrogen and oxygen atoms in total. The van der Waals surface area contributed by atoms with Crippen molar-refractivity contribution in [1.82, 2.24) is 19.4 Å². The van der Waals surface area contributed by atoms with Gasteiger partial charge in [-0.15, -0.1) is 0 Å². The fourth-order valence-corrected chi connectivity index (χ4v) is 6.85. The maximum absolute atomic E-state index is 13.9. The standard InChI is InChI=1S/C36H42ClN5O4/c1-4-5-8-20-46-32-21-29(12-13-31(32)45-3)41-18-9-17-40(36(41)44)23-28-14-16-38-34-33(28)30(37)24-42(34)25(2)35(43)39-19-15-26-10-6-7-11-27(26)22-39/h6-7,10-14,16,21,24-25H,4-5,8-9,15,17-20,22-23H2,1-3H3. The summed E-state index contributed by atoms with van der Waals surface area (Å²) in [6.45, 7) is 7.55. The number of urea groups is 1. The van der Waals surface area contributed by atoms with Gasteiger partial charge in [0.15, 0.2) is 11.5 Å². The van der Waals surface area contributed by atoms with Crippen molar-refractivity contribution in [2.75, 3.05) is 38.3 Å². The zero-order valence-electron chi connectivity index (χ0n) is 26.9. The van der Waals surface area contributed by atoms with E-state index in [0.717, 1.165) is 48.7 Å². The van der Waals surface area contributed by atoms with E-state index >= 15 is 0 Å². The molecule has 1 atom stereocenters. The van der Waals surface area contributed by atoms with Crippen LogP contribution in [0.5, 0.6) is 11.5 Å². The van der Waals surface area contributed by atoms with Gasteiger partial charge in [0.2, 0.25) is 5.91 Å². The summed E-state index contributed by atoms with van der Waals surface area (Å²) in [7, 11) is 1.62. The van der Waals surface area contributed by atoms with Gasteiger partial charge in [0, 0.05) is 62.3 Å². The maximum Gasteiger partial charge on any atom is 0.324 e. The number of carbonyl (C=O) groups excluding carboxylic acids is 2. The van der Waals surface area contributed by atoms with E-state index in [-0.39, 0.29) is 11.9 Å². The summed E-state index contributed by atoms with van der Waals surface area (Å²) in [5, 5.41) is 1.29. The van der Waals surface area contributed by atoms with Gasteiger partial charge in [0.05, 0.1) is 18.7 Å². The second-order valence-corrected chi connectivity index (χ2v) is 12.5. The van der Waals surface area contributed by atoms with Crippen LogP contribution in [0.15, 0.2) is 60.9 Å². The summed E-state index contributed by atoms with van der Waals surface area (Å²) in [6.07, 6.45) is 8.37. The van der Waals surface area contributed by atoms with Crippen molar-refractivity contribution >= 4 is 40.3 Å². The van der Waals surface area contributed by atoms with Crippen LogP contribution in [0, 0.1) is 0 Å². The minimum atomic E-state index is -0.483. The molecule has 0 radical (unpaired) electrons. The van der Waals surface area contributed by atoms with Crippen molar-refractivity contribution < 1.29 is 19.1 Å². The molecule has 2 aliphatic heterocycles. The zero-order valence-corrected chi connectivity index (χ0v) is 27.6. The summed E-state index contributed by atoms with van der Waals surface area (Å²) in [4.78, 5) is 37.8. The number of aromatic nitrogens is 2. The number of pyridine rings is 1. The van der Waals surface area contributed by atoms with Gasteiger partial charge in [0.1, 0.15) is 11.7 Å². The second-order valence-electron chi connectivity index (χ2n) is 12.1. The Balaban J connectivity index is 1.20. The molecule has 6 rings (SSSR count). The number of ether oxygens (including phenoxy) is 2. The Hall–Kier alpha value is -4.24. The molecule has 1 fully saturated rings. The molecule has 4 heterocycles. The van der Waals surface area contributed by atoms with Crippen molar-refractivity contribution in [3.05, 3.63) is 82.6 Å². The van der Waals surface area contributed by atoms with Crippen molar-refractivity contribution in [3.63, 3.8) is 0 Å². The van der Waals surface area contributed by atoms with Crippen LogP contribution in [0.4, 0.5) is 10.5 Å². The third-order valence-corrected chi connectivity index (χ3v) is 9.39. The topological polar surface area (TPSA) is 80.1 Å². The van der Waals surface area contributed by atoms with Crippen molar-refractivity contribution in [2.24, 2.45) is 0 Å². The molecule has 2 aromatic heterocycles. The monoisotopic (exact) mass is 643 g/mol. The number of benzene rings is 2. The van der Waals surface area contributed by atoms with Gasteiger partial charge in [-0.05, 0) is 61.1 Å². The number of hydrogen-bond acceptors (Lipinski definition) is 5. The average molecular weight is 644 g/mol. The SMILES string of the molecule is CCCCCOc1cc(N2CCCN(Cc3ccnc4c3c(Cl)cn4C(C)C(=O)N3CCc4ccccc4C3)C2=O)ccc1OC. The Kier molecular flexibility index (Phi) is 9.68. The van der Waals surface area contributed by atoms with E-state index in [9.17, 15) is 9.59 Å². The summed E-state index contributed by atoms with van der Waals surface area (Å²) in [6, 6.07) is 15.3. The lowest BCUT2D eigenvalue weighted by Crippen LogP contribution is -2.49. The van der Waals surface area contributed by atoms with Crippen LogP contribution in [0.25, 0.3) is 11.0 Å². The molecule has 2 aliphatic rings. The predicted molar refractivity (Wildman–Crippen MR) is 181 cm³/mol. The largest absolute Gasteiger partial charge is 0.493 e. The molecule has 0 bridgehead atoms. The lowest BCUT2D eigenvalue weighted by atomic mass is 9.99. The van der Waals surface area contributed by atoms with Gasteiger partial charge >= 0.3 is 6.03 Å². The van der Waals surface area contributed by atoms with E-state index in [4.69, 9.17) is 21.1 Å². The number of rotatable bonds is 11. The summed E-state index contributed by atoms with van der Waals surface area (Å²) in [5.74, 6) is 1.32. The summed E-state index contributed by atoms with van der Waals surface area (Å²) in [5.41, 5.74) is 4.80. The third kappa shape index (κ3) is 6.38. The van der Waals surface area contributed by atoms with Crippen LogP contribution >= 0.6 is 11.6 Å². The number of hydrogen-bond donors (Lipinski definition) is 0. The molecule has 0 aliphatic carbocycles. The predicted octanol–water partition coefficient (Wildman–Crippen LogP) is 7.25. The van der Waals surface area contributed by atoms with E-state index in [1.807, 2.05) is 57.7 Å². The van der Waals surface area contributed by atoms with E-state index in [2.05, 4.69) is 24.0 Å². The van der Waals surface area contributed by atoms with E-state index in [1.54, 1.807) is 24.4 Å². The molecule has 2 aromatic carbocycles. The van der Waals surface area contributed by atoms with E-state index < -0.39 is 6.04 Å². The smallest absolute Gasteiger partial charge is 0.324 e. The number of fused-ring (bicyclic) bond motifs is 2. The highest BCUT2D eigenvalue weighted by atomic mass is 35.5. The highest BCUT2D eigenvalue weighted by Crippen LogP contribution is 2.35. The van der Waals surface area contributed by atoms with Crippen molar-refractivity contribution in [3.8, 4) is 11.5 Å². The van der Waals surface area contributed by atoms with Crippen LogP contribution in [-0.2, 0) is 24.3 Å². The second kappa shape index (κ2) is 14.0.